The SMILES string of the molecule is CCCn1c(=O)c2c(C(=O)Nc3ccc(Br)cc3C)cc(=O)n(CCC)c2n(C)c1=O. The standard InChI is InChI=1S/C22H25BrN4O4/c1-5-9-26-17(28)12-15(19(29)24-16-8-7-14(23)11-13(16)3)18-20(26)25(4)22(31)27(10-6-2)21(18)30/h7-8,11-12H,5-6,9-10H2,1-4H3,(H,24,29). The van der Waals surface area contributed by atoms with E-state index < -0.39 is 22.7 Å². The Bertz CT molecular complexity index is 1350. The molecular weight excluding hydrogens is 464 g/mol. The minimum atomic E-state index is -0.574. The van der Waals surface area contributed by atoms with Crippen molar-refractivity contribution in [1.29, 1.82) is 0 Å². The number of hydrogen-bond donors (Lipinski definition) is 1. The molecule has 2 aromatic heterocycles. The Labute approximate surface area is 187 Å². The second-order valence-electron chi connectivity index (χ2n) is 7.46. The number of benzene rings is 1. The van der Waals surface area contributed by atoms with Gasteiger partial charge in [-0.2, -0.15) is 0 Å². The van der Waals surface area contributed by atoms with Gasteiger partial charge in [0.25, 0.3) is 17.0 Å². The van der Waals surface area contributed by atoms with Crippen LogP contribution in [0, 0.1) is 6.92 Å². The summed E-state index contributed by atoms with van der Waals surface area (Å²) in [5.74, 6) is -0.574. The Balaban J connectivity index is 2.34. The number of nitrogens with zero attached hydrogens (tertiary/aromatic N) is 3. The van der Waals surface area contributed by atoms with Crippen molar-refractivity contribution >= 4 is 38.6 Å². The summed E-state index contributed by atoms with van der Waals surface area (Å²) in [6.07, 6.45) is 1.21. The lowest BCUT2D eigenvalue weighted by Crippen LogP contribution is -2.42. The van der Waals surface area contributed by atoms with Crippen LogP contribution >= 0.6 is 15.9 Å². The number of amides is 1. The lowest BCUT2D eigenvalue weighted by Gasteiger charge is -2.17. The predicted molar refractivity (Wildman–Crippen MR) is 125 cm³/mol. The number of aromatic nitrogens is 3. The van der Waals surface area contributed by atoms with Gasteiger partial charge in [0.2, 0.25) is 0 Å². The molecule has 1 amide bonds. The summed E-state index contributed by atoms with van der Waals surface area (Å²) in [7, 11) is 1.52. The summed E-state index contributed by atoms with van der Waals surface area (Å²) < 4.78 is 4.65. The van der Waals surface area contributed by atoms with E-state index in [0.29, 0.717) is 25.1 Å². The van der Waals surface area contributed by atoms with Crippen LogP contribution in [0.1, 0.15) is 42.6 Å². The molecule has 0 aliphatic heterocycles. The van der Waals surface area contributed by atoms with E-state index in [0.717, 1.165) is 14.6 Å². The minimum Gasteiger partial charge on any atom is -0.322 e. The van der Waals surface area contributed by atoms with Crippen molar-refractivity contribution in [1.82, 2.24) is 13.7 Å². The van der Waals surface area contributed by atoms with E-state index in [1.807, 2.05) is 26.8 Å². The van der Waals surface area contributed by atoms with Crippen LogP contribution in [0.3, 0.4) is 0 Å². The molecule has 0 aliphatic carbocycles. The van der Waals surface area contributed by atoms with Gasteiger partial charge in [-0.15, -0.1) is 0 Å². The Morgan fingerprint density at radius 3 is 2.29 bits per heavy atom. The Kier molecular flexibility index (Phi) is 6.64. The molecule has 8 nitrogen and oxygen atoms in total. The molecule has 1 N–H and O–H groups in total. The normalized spacial score (nSPS) is 11.1. The van der Waals surface area contributed by atoms with Gasteiger partial charge in [0.15, 0.2) is 0 Å². The zero-order chi connectivity index (χ0) is 22.9. The number of carbonyl (C=O) groups excluding carboxylic acids is 1. The topological polar surface area (TPSA) is 95.1 Å². The van der Waals surface area contributed by atoms with E-state index in [-0.39, 0.29) is 23.1 Å². The lowest BCUT2D eigenvalue weighted by molar-refractivity contribution is 0.102. The highest BCUT2D eigenvalue weighted by Gasteiger charge is 2.22. The van der Waals surface area contributed by atoms with E-state index in [4.69, 9.17) is 0 Å². The van der Waals surface area contributed by atoms with E-state index in [2.05, 4.69) is 21.2 Å². The van der Waals surface area contributed by atoms with Gasteiger partial charge in [0, 0.05) is 36.4 Å². The lowest BCUT2D eigenvalue weighted by atomic mass is 10.1. The van der Waals surface area contributed by atoms with Crippen LogP contribution in [-0.2, 0) is 20.1 Å². The first-order valence-electron chi connectivity index (χ1n) is 10.2. The van der Waals surface area contributed by atoms with Crippen molar-refractivity contribution in [3.63, 3.8) is 0 Å². The second-order valence-corrected chi connectivity index (χ2v) is 8.37. The maximum absolute atomic E-state index is 13.3. The van der Waals surface area contributed by atoms with Crippen LogP contribution in [0.5, 0.6) is 0 Å². The van der Waals surface area contributed by atoms with Crippen LogP contribution in [0.15, 0.2) is 43.1 Å². The first kappa shape index (κ1) is 22.7. The third-order valence-electron chi connectivity index (χ3n) is 5.15. The molecule has 2 heterocycles. The summed E-state index contributed by atoms with van der Waals surface area (Å²) in [6.45, 7) is 6.15. The predicted octanol–water partition coefficient (Wildman–Crippen LogP) is 3.01. The summed E-state index contributed by atoms with van der Waals surface area (Å²) in [5.41, 5.74) is -0.00323. The summed E-state index contributed by atoms with van der Waals surface area (Å²) >= 11 is 3.39. The number of carbonyl (C=O) groups is 1. The fourth-order valence-electron chi connectivity index (χ4n) is 3.68. The number of rotatable bonds is 6. The number of hydrogen-bond acceptors (Lipinski definition) is 4. The zero-order valence-corrected chi connectivity index (χ0v) is 19.6. The van der Waals surface area contributed by atoms with E-state index >= 15 is 0 Å². The Morgan fingerprint density at radius 1 is 1.03 bits per heavy atom. The van der Waals surface area contributed by atoms with Crippen molar-refractivity contribution in [3.05, 3.63) is 71.1 Å². The van der Waals surface area contributed by atoms with Crippen LogP contribution in [0.4, 0.5) is 5.69 Å². The molecule has 0 radical (unpaired) electrons. The molecule has 0 saturated heterocycles. The molecule has 0 unspecified atom stereocenters. The average Bonchev–Trinajstić information content (AvgIpc) is 2.72. The van der Waals surface area contributed by atoms with E-state index in [9.17, 15) is 19.2 Å². The highest BCUT2D eigenvalue weighted by atomic mass is 79.9. The van der Waals surface area contributed by atoms with Gasteiger partial charge in [0.05, 0.1) is 10.9 Å². The number of fused-ring (bicyclic) bond motifs is 1. The first-order chi connectivity index (χ1) is 14.7. The average molecular weight is 489 g/mol. The fraction of sp³-hybridized carbons (Fsp3) is 0.364. The number of aryl methyl sites for hydroxylation is 3. The van der Waals surface area contributed by atoms with E-state index in [1.165, 1.54) is 22.2 Å². The van der Waals surface area contributed by atoms with Crippen LogP contribution < -0.4 is 22.1 Å². The van der Waals surface area contributed by atoms with Gasteiger partial charge in [0.1, 0.15) is 5.65 Å². The third kappa shape index (κ3) is 4.14. The molecule has 0 saturated carbocycles. The summed E-state index contributed by atoms with van der Waals surface area (Å²) in [5, 5.41) is 2.86. The molecule has 0 bridgehead atoms. The zero-order valence-electron chi connectivity index (χ0n) is 18.0. The molecule has 164 valence electrons. The number of pyridine rings is 1. The number of anilines is 1. The minimum absolute atomic E-state index is 0.0416. The van der Waals surface area contributed by atoms with Gasteiger partial charge < -0.3 is 5.32 Å². The van der Waals surface area contributed by atoms with Crippen LogP contribution in [-0.4, -0.2) is 19.6 Å². The quantitative estimate of drug-likeness (QED) is 0.576. The van der Waals surface area contributed by atoms with Crippen molar-refractivity contribution in [3.8, 4) is 0 Å². The largest absolute Gasteiger partial charge is 0.332 e. The third-order valence-corrected chi connectivity index (χ3v) is 5.65. The van der Waals surface area contributed by atoms with Crippen molar-refractivity contribution in [2.45, 2.75) is 46.7 Å². The second kappa shape index (κ2) is 9.05. The molecule has 3 rings (SSSR count). The molecule has 0 fully saturated rings. The first-order valence-corrected chi connectivity index (χ1v) is 10.9. The van der Waals surface area contributed by atoms with Crippen LogP contribution in [0.25, 0.3) is 11.0 Å². The Morgan fingerprint density at radius 2 is 1.68 bits per heavy atom. The molecule has 0 spiro atoms. The Hall–Kier alpha value is -2.94. The summed E-state index contributed by atoms with van der Waals surface area (Å²) in [6, 6.07) is 6.56. The molecule has 31 heavy (non-hydrogen) atoms. The molecule has 3 aromatic rings. The van der Waals surface area contributed by atoms with Gasteiger partial charge in [-0.3, -0.25) is 28.1 Å². The van der Waals surface area contributed by atoms with E-state index in [1.54, 1.807) is 12.1 Å². The number of halogens is 1. The van der Waals surface area contributed by atoms with Crippen LogP contribution in [0.2, 0.25) is 0 Å². The molecule has 9 heteroatoms. The van der Waals surface area contributed by atoms with Crippen molar-refractivity contribution in [2.24, 2.45) is 7.05 Å². The maximum Gasteiger partial charge on any atom is 0.332 e. The maximum atomic E-state index is 13.3. The smallest absolute Gasteiger partial charge is 0.322 e. The highest BCUT2D eigenvalue weighted by molar-refractivity contribution is 9.10. The molecule has 0 atom stereocenters. The van der Waals surface area contributed by atoms with Gasteiger partial charge in [-0.25, -0.2) is 4.79 Å². The molecule has 0 aliphatic rings. The van der Waals surface area contributed by atoms with Gasteiger partial charge in [-0.05, 0) is 43.5 Å². The van der Waals surface area contributed by atoms with Gasteiger partial charge in [-0.1, -0.05) is 29.8 Å². The van der Waals surface area contributed by atoms with Crippen molar-refractivity contribution in [2.75, 3.05) is 5.32 Å². The highest BCUT2D eigenvalue weighted by Crippen LogP contribution is 2.21. The summed E-state index contributed by atoms with van der Waals surface area (Å²) in [4.78, 5) is 52.2. The van der Waals surface area contributed by atoms with Crippen molar-refractivity contribution < 1.29 is 4.79 Å². The van der Waals surface area contributed by atoms with Gasteiger partial charge >= 0.3 is 5.69 Å². The number of nitrogens with one attached hydrogen (secondary N) is 1. The molecule has 1 aromatic carbocycles. The monoisotopic (exact) mass is 488 g/mol. The fourth-order valence-corrected chi connectivity index (χ4v) is 4.16. The molecular formula is C22H25BrN4O4.